The maximum Gasteiger partial charge on any atom is 0.410 e. The van der Waals surface area contributed by atoms with Gasteiger partial charge < -0.3 is 24.3 Å². The molecular formula is C28H33N5O3. The zero-order chi connectivity index (χ0) is 24.9. The van der Waals surface area contributed by atoms with E-state index in [-0.39, 0.29) is 12.7 Å². The fourth-order valence-corrected chi connectivity index (χ4v) is 4.59. The van der Waals surface area contributed by atoms with Gasteiger partial charge in [0.2, 0.25) is 0 Å². The van der Waals surface area contributed by atoms with Crippen LogP contribution in [0.15, 0.2) is 54.9 Å². The number of carbonyl (C=O) groups is 1. The lowest BCUT2D eigenvalue weighted by molar-refractivity contribution is 0.0942. The summed E-state index contributed by atoms with van der Waals surface area (Å²) in [7, 11) is 0. The summed E-state index contributed by atoms with van der Waals surface area (Å²) in [5.74, 6) is 0.839. The molecule has 0 atom stereocenters. The molecule has 0 unspecified atom stereocenters. The normalized spacial score (nSPS) is 13.8. The number of rotatable bonds is 8. The third-order valence-electron chi connectivity index (χ3n) is 6.72. The first-order valence-electron chi connectivity index (χ1n) is 12.6. The number of fused-ring (bicyclic) bond motifs is 1. The van der Waals surface area contributed by atoms with Crippen LogP contribution < -0.4 is 9.64 Å². The van der Waals surface area contributed by atoms with Crippen LogP contribution in [-0.4, -0.2) is 59.0 Å². The summed E-state index contributed by atoms with van der Waals surface area (Å²) in [4.78, 5) is 20.0. The molecule has 2 N–H and O–H groups in total. The highest BCUT2D eigenvalue weighted by Crippen LogP contribution is 2.39. The Bertz CT molecular complexity index is 1310. The second-order valence-electron chi connectivity index (χ2n) is 9.21. The Kier molecular flexibility index (Phi) is 7.11. The predicted octanol–water partition coefficient (Wildman–Crippen LogP) is 5.50. The van der Waals surface area contributed by atoms with E-state index in [0.29, 0.717) is 32.8 Å². The maximum absolute atomic E-state index is 12.6. The van der Waals surface area contributed by atoms with Crippen LogP contribution in [0.4, 0.5) is 10.5 Å². The summed E-state index contributed by atoms with van der Waals surface area (Å²) < 4.78 is 11.7. The van der Waals surface area contributed by atoms with Crippen molar-refractivity contribution in [1.82, 2.24) is 20.1 Å². The molecule has 2 aromatic carbocycles. The standard InChI is InChI=1S/C28H33N5O3/c1-3-4-14-35-26-16-24-22(20(2)17-29-24)15-23(26)27-25(18-30-31-27)32-10-12-33(13-11-32)28(34)36-19-21-8-6-5-7-9-21/h5-9,15-18,29H,3-4,10-14,19H2,1-2H3,(H,30,31). The van der Waals surface area contributed by atoms with Crippen LogP contribution in [-0.2, 0) is 11.3 Å². The fraction of sp³-hybridized carbons (Fsp3) is 0.357. The van der Waals surface area contributed by atoms with Gasteiger partial charge in [0.1, 0.15) is 12.4 Å². The number of piperazine rings is 1. The summed E-state index contributed by atoms with van der Waals surface area (Å²) in [6.45, 7) is 7.79. The summed E-state index contributed by atoms with van der Waals surface area (Å²) in [6.07, 6.45) is 5.69. The third kappa shape index (κ3) is 5.03. The van der Waals surface area contributed by atoms with Gasteiger partial charge in [0, 0.05) is 54.9 Å². The van der Waals surface area contributed by atoms with Crippen LogP contribution in [0, 0.1) is 6.92 Å². The molecule has 1 amide bonds. The number of H-pyrrole nitrogens is 2. The minimum absolute atomic E-state index is 0.272. The smallest absolute Gasteiger partial charge is 0.410 e. The average molecular weight is 488 g/mol. The van der Waals surface area contributed by atoms with Gasteiger partial charge in [-0.3, -0.25) is 5.10 Å². The van der Waals surface area contributed by atoms with E-state index in [1.807, 2.05) is 42.7 Å². The van der Waals surface area contributed by atoms with Crippen molar-refractivity contribution in [2.24, 2.45) is 0 Å². The van der Waals surface area contributed by atoms with E-state index in [1.165, 1.54) is 10.9 Å². The van der Waals surface area contributed by atoms with Crippen LogP contribution >= 0.6 is 0 Å². The lowest BCUT2D eigenvalue weighted by Gasteiger charge is -2.35. The number of nitrogens with one attached hydrogen (secondary N) is 2. The molecule has 3 heterocycles. The Hall–Kier alpha value is -3.94. The number of anilines is 1. The molecule has 0 saturated carbocycles. The van der Waals surface area contributed by atoms with Crippen molar-refractivity contribution in [3.63, 3.8) is 0 Å². The Labute approximate surface area is 211 Å². The molecule has 1 aliphatic heterocycles. The summed E-state index contributed by atoms with van der Waals surface area (Å²) in [5.41, 5.74) is 6.18. The van der Waals surface area contributed by atoms with Crippen LogP contribution in [0.1, 0.15) is 30.9 Å². The first-order valence-corrected chi connectivity index (χ1v) is 12.6. The highest BCUT2D eigenvalue weighted by molar-refractivity contribution is 5.92. The fourth-order valence-electron chi connectivity index (χ4n) is 4.59. The van der Waals surface area contributed by atoms with Crippen molar-refractivity contribution < 1.29 is 14.3 Å². The van der Waals surface area contributed by atoms with Gasteiger partial charge in [-0.15, -0.1) is 0 Å². The molecule has 188 valence electrons. The number of aromatic nitrogens is 3. The monoisotopic (exact) mass is 487 g/mol. The lowest BCUT2D eigenvalue weighted by atomic mass is 10.0. The van der Waals surface area contributed by atoms with Gasteiger partial charge in [-0.1, -0.05) is 43.7 Å². The number of aryl methyl sites for hydroxylation is 1. The number of hydrogen-bond donors (Lipinski definition) is 2. The quantitative estimate of drug-likeness (QED) is 0.320. The molecule has 1 aliphatic rings. The van der Waals surface area contributed by atoms with E-state index >= 15 is 0 Å². The molecule has 36 heavy (non-hydrogen) atoms. The van der Waals surface area contributed by atoms with Gasteiger partial charge >= 0.3 is 6.09 Å². The molecule has 1 fully saturated rings. The number of unbranched alkanes of at least 4 members (excludes halogenated alkanes) is 1. The molecule has 0 bridgehead atoms. The summed E-state index contributed by atoms with van der Waals surface area (Å²) in [6, 6.07) is 14.0. The number of benzene rings is 2. The Morgan fingerprint density at radius 2 is 1.92 bits per heavy atom. The number of amides is 1. The van der Waals surface area contributed by atoms with Gasteiger partial charge in [-0.05, 0) is 30.5 Å². The molecule has 8 heteroatoms. The maximum atomic E-state index is 12.6. The van der Waals surface area contributed by atoms with E-state index in [0.717, 1.165) is 46.6 Å². The molecule has 4 aromatic rings. The number of ether oxygens (including phenoxy) is 2. The van der Waals surface area contributed by atoms with Gasteiger partial charge in [-0.25, -0.2) is 4.79 Å². The van der Waals surface area contributed by atoms with E-state index in [1.54, 1.807) is 4.90 Å². The van der Waals surface area contributed by atoms with Gasteiger partial charge in [0.05, 0.1) is 24.2 Å². The first-order chi connectivity index (χ1) is 17.6. The molecule has 8 nitrogen and oxygen atoms in total. The van der Waals surface area contributed by atoms with Crippen LogP contribution in [0.3, 0.4) is 0 Å². The molecule has 2 aromatic heterocycles. The van der Waals surface area contributed by atoms with E-state index < -0.39 is 0 Å². The average Bonchev–Trinajstić information content (AvgIpc) is 3.54. The number of carbonyl (C=O) groups excluding carboxylic acids is 1. The summed E-state index contributed by atoms with van der Waals surface area (Å²) >= 11 is 0. The Morgan fingerprint density at radius 1 is 1.11 bits per heavy atom. The Balaban J connectivity index is 1.30. The second-order valence-corrected chi connectivity index (χ2v) is 9.21. The number of nitrogens with zero attached hydrogens (tertiary/aromatic N) is 3. The topological polar surface area (TPSA) is 86.5 Å². The molecule has 0 aliphatic carbocycles. The van der Waals surface area contributed by atoms with Crippen molar-refractivity contribution in [2.75, 3.05) is 37.7 Å². The Morgan fingerprint density at radius 3 is 2.69 bits per heavy atom. The first kappa shape index (κ1) is 23.8. The molecular weight excluding hydrogens is 454 g/mol. The van der Waals surface area contributed by atoms with E-state index in [2.05, 4.69) is 46.1 Å². The highest BCUT2D eigenvalue weighted by atomic mass is 16.6. The second kappa shape index (κ2) is 10.8. The van der Waals surface area contributed by atoms with Crippen LogP contribution in [0.2, 0.25) is 0 Å². The number of aromatic amines is 2. The molecule has 0 spiro atoms. The van der Waals surface area contributed by atoms with Crippen LogP contribution in [0.25, 0.3) is 22.2 Å². The van der Waals surface area contributed by atoms with Gasteiger partial charge in [-0.2, -0.15) is 5.10 Å². The van der Waals surface area contributed by atoms with Crippen molar-refractivity contribution in [1.29, 1.82) is 0 Å². The van der Waals surface area contributed by atoms with Crippen LogP contribution in [0.5, 0.6) is 5.75 Å². The largest absolute Gasteiger partial charge is 0.493 e. The molecule has 0 radical (unpaired) electrons. The van der Waals surface area contributed by atoms with Gasteiger partial charge in [0.25, 0.3) is 0 Å². The van der Waals surface area contributed by atoms with Crippen molar-refractivity contribution in [2.45, 2.75) is 33.3 Å². The zero-order valence-electron chi connectivity index (χ0n) is 20.9. The van der Waals surface area contributed by atoms with Crippen molar-refractivity contribution >= 4 is 22.7 Å². The third-order valence-corrected chi connectivity index (χ3v) is 6.72. The molecule has 1 saturated heterocycles. The van der Waals surface area contributed by atoms with E-state index in [9.17, 15) is 4.79 Å². The molecule has 5 rings (SSSR count). The van der Waals surface area contributed by atoms with Crippen molar-refractivity contribution in [3.8, 4) is 17.0 Å². The SMILES string of the molecule is CCCCOc1cc2[nH]cc(C)c2cc1-c1[nH]ncc1N1CCN(C(=O)OCc2ccccc2)CC1. The predicted molar refractivity (Wildman–Crippen MR) is 141 cm³/mol. The summed E-state index contributed by atoms with van der Waals surface area (Å²) in [5, 5.41) is 8.76. The zero-order valence-corrected chi connectivity index (χ0v) is 20.9. The number of hydrogen-bond acceptors (Lipinski definition) is 5. The van der Waals surface area contributed by atoms with E-state index in [4.69, 9.17) is 9.47 Å². The minimum atomic E-state index is -0.272. The highest BCUT2D eigenvalue weighted by Gasteiger charge is 2.26. The lowest BCUT2D eigenvalue weighted by Crippen LogP contribution is -2.49. The van der Waals surface area contributed by atoms with Gasteiger partial charge in [0.15, 0.2) is 0 Å². The minimum Gasteiger partial charge on any atom is -0.493 e. The van der Waals surface area contributed by atoms with Crippen molar-refractivity contribution in [3.05, 3.63) is 66.0 Å².